The molecule has 2 nitrogen and oxygen atoms in total. The second-order valence-corrected chi connectivity index (χ2v) is 4.30. The van der Waals surface area contributed by atoms with Crippen LogP contribution in [-0.4, -0.2) is 9.67 Å². The van der Waals surface area contributed by atoms with E-state index in [9.17, 15) is 9.50 Å². The van der Waals surface area contributed by atoms with Gasteiger partial charge >= 0.3 is 0 Å². The molecule has 1 aromatic heterocycles. The van der Waals surface area contributed by atoms with E-state index >= 15 is 0 Å². The van der Waals surface area contributed by atoms with E-state index in [0.29, 0.717) is 5.69 Å². The second-order valence-electron chi connectivity index (χ2n) is 4.30. The number of aromatic nitrogens is 1. The molecule has 0 aliphatic carbocycles. The Bertz CT molecular complexity index is 508. The van der Waals surface area contributed by atoms with E-state index < -0.39 is 5.67 Å². The van der Waals surface area contributed by atoms with E-state index in [0.717, 1.165) is 10.9 Å². The molecule has 1 N–H and O–H groups in total. The van der Waals surface area contributed by atoms with E-state index in [2.05, 4.69) is 0 Å². The monoisotopic (exact) mass is 207 g/mol. The summed E-state index contributed by atoms with van der Waals surface area (Å²) >= 11 is 0. The Labute approximate surface area is 88.0 Å². The minimum absolute atomic E-state index is 0.205. The topological polar surface area (TPSA) is 25.2 Å². The third-order valence-corrected chi connectivity index (χ3v) is 2.64. The largest absolute Gasteiger partial charge is 0.508 e. The van der Waals surface area contributed by atoms with Crippen molar-refractivity contribution in [1.82, 2.24) is 4.57 Å². The Morgan fingerprint density at radius 1 is 1.27 bits per heavy atom. The van der Waals surface area contributed by atoms with E-state index in [-0.39, 0.29) is 5.75 Å². The fourth-order valence-corrected chi connectivity index (χ4v) is 1.91. The molecule has 0 radical (unpaired) electrons. The summed E-state index contributed by atoms with van der Waals surface area (Å²) in [7, 11) is 1.83. The molecule has 15 heavy (non-hydrogen) atoms. The first kappa shape index (κ1) is 10.0. The highest BCUT2D eigenvalue weighted by molar-refractivity contribution is 5.83. The first-order valence-corrected chi connectivity index (χ1v) is 4.87. The van der Waals surface area contributed by atoms with Gasteiger partial charge in [-0.1, -0.05) is 0 Å². The highest BCUT2D eigenvalue weighted by Crippen LogP contribution is 2.31. The predicted octanol–water partition coefficient (Wildman–Crippen LogP) is 3.09. The average Bonchev–Trinajstić information content (AvgIpc) is 2.42. The zero-order valence-electron chi connectivity index (χ0n) is 9.08. The second kappa shape index (κ2) is 2.99. The van der Waals surface area contributed by atoms with E-state index in [1.54, 1.807) is 24.3 Å². The van der Waals surface area contributed by atoms with Crippen LogP contribution in [0.3, 0.4) is 0 Å². The molecule has 0 atom stereocenters. The standard InChI is InChI=1S/C12H14FNO/c1-12(2,13)11-7-8-6-9(15)4-5-10(8)14(11)3/h4-7,15H,1-3H3. The van der Waals surface area contributed by atoms with Gasteiger partial charge in [0, 0.05) is 18.0 Å². The number of hydrogen-bond donors (Lipinski definition) is 1. The Morgan fingerprint density at radius 3 is 2.53 bits per heavy atom. The van der Waals surface area contributed by atoms with Gasteiger partial charge in [-0.05, 0) is 38.1 Å². The molecule has 0 aliphatic heterocycles. The zero-order valence-corrected chi connectivity index (χ0v) is 9.08. The van der Waals surface area contributed by atoms with Crippen LogP contribution >= 0.6 is 0 Å². The lowest BCUT2D eigenvalue weighted by Gasteiger charge is -2.15. The third-order valence-electron chi connectivity index (χ3n) is 2.64. The van der Waals surface area contributed by atoms with Crippen LogP contribution in [0.4, 0.5) is 4.39 Å². The van der Waals surface area contributed by atoms with Gasteiger partial charge in [-0.25, -0.2) is 4.39 Å². The molecule has 0 fully saturated rings. The number of fused-ring (bicyclic) bond motifs is 1. The maximum Gasteiger partial charge on any atom is 0.145 e. The summed E-state index contributed by atoms with van der Waals surface area (Å²) in [6.07, 6.45) is 0. The molecule has 0 unspecified atom stereocenters. The summed E-state index contributed by atoms with van der Waals surface area (Å²) < 4.78 is 15.7. The summed E-state index contributed by atoms with van der Waals surface area (Å²) in [4.78, 5) is 0. The number of rotatable bonds is 1. The number of halogens is 1. The van der Waals surface area contributed by atoms with Crippen LogP contribution in [0.5, 0.6) is 5.75 Å². The van der Waals surface area contributed by atoms with Crippen LogP contribution in [0.1, 0.15) is 19.5 Å². The van der Waals surface area contributed by atoms with Crippen molar-refractivity contribution >= 4 is 10.9 Å². The highest BCUT2D eigenvalue weighted by atomic mass is 19.1. The molecule has 0 saturated carbocycles. The van der Waals surface area contributed by atoms with Gasteiger partial charge in [-0.3, -0.25) is 0 Å². The molecule has 0 saturated heterocycles. The molecule has 0 spiro atoms. The van der Waals surface area contributed by atoms with E-state index in [1.807, 2.05) is 11.6 Å². The summed E-state index contributed by atoms with van der Waals surface area (Å²) in [5.74, 6) is 0.205. The molecule has 1 heterocycles. The Morgan fingerprint density at radius 2 is 1.93 bits per heavy atom. The van der Waals surface area contributed by atoms with Crippen LogP contribution in [-0.2, 0) is 12.7 Å². The maximum absolute atomic E-state index is 13.8. The minimum Gasteiger partial charge on any atom is -0.508 e. The van der Waals surface area contributed by atoms with Crippen molar-refractivity contribution in [2.45, 2.75) is 19.5 Å². The van der Waals surface area contributed by atoms with Crippen LogP contribution < -0.4 is 0 Å². The van der Waals surface area contributed by atoms with Gasteiger partial charge in [0.25, 0.3) is 0 Å². The van der Waals surface area contributed by atoms with Crippen LogP contribution in [0.2, 0.25) is 0 Å². The van der Waals surface area contributed by atoms with Gasteiger partial charge in [-0.15, -0.1) is 0 Å². The fraction of sp³-hybridized carbons (Fsp3) is 0.333. The molecular formula is C12H14FNO. The Hall–Kier alpha value is -1.51. The number of phenolic OH excluding ortho intramolecular Hbond substituents is 1. The number of nitrogens with zero attached hydrogens (tertiary/aromatic N) is 1. The molecule has 2 aromatic rings. The van der Waals surface area contributed by atoms with Crippen molar-refractivity contribution in [1.29, 1.82) is 0 Å². The van der Waals surface area contributed by atoms with Gasteiger partial charge in [0.1, 0.15) is 11.4 Å². The normalized spacial score (nSPS) is 12.3. The lowest BCUT2D eigenvalue weighted by molar-refractivity contribution is 0.209. The molecule has 80 valence electrons. The SMILES string of the molecule is Cn1c(C(C)(C)F)cc2cc(O)ccc21. The summed E-state index contributed by atoms with van der Waals surface area (Å²) in [5, 5.41) is 10.2. The van der Waals surface area contributed by atoms with Crippen molar-refractivity contribution in [3.05, 3.63) is 30.0 Å². The first-order valence-electron chi connectivity index (χ1n) is 4.87. The van der Waals surface area contributed by atoms with Crippen molar-refractivity contribution in [3.63, 3.8) is 0 Å². The number of benzene rings is 1. The highest BCUT2D eigenvalue weighted by Gasteiger charge is 2.23. The summed E-state index contributed by atoms with van der Waals surface area (Å²) in [5.41, 5.74) is 0.167. The third kappa shape index (κ3) is 1.58. The lowest BCUT2D eigenvalue weighted by atomic mass is 10.1. The Balaban J connectivity index is 2.75. The number of hydrogen-bond acceptors (Lipinski definition) is 1. The van der Waals surface area contributed by atoms with Gasteiger partial charge in [-0.2, -0.15) is 0 Å². The molecule has 1 aromatic carbocycles. The molecule has 3 heteroatoms. The summed E-state index contributed by atoms with van der Waals surface area (Å²) in [6.45, 7) is 3.06. The van der Waals surface area contributed by atoms with Crippen LogP contribution in [0, 0.1) is 0 Å². The van der Waals surface area contributed by atoms with E-state index in [4.69, 9.17) is 0 Å². The molecular weight excluding hydrogens is 193 g/mol. The quantitative estimate of drug-likeness (QED) is 0.763. The fourth-order valence-electron chi connectivity index (χ4n) is 1.91. The molecule has 2 rings (SSSR count). The van der Waals surface area contributed by atoms with Crippen molar-refractivity contribution in [2.75, 3.05) is 0 Å². The van der Waals surface area contributed by atoms with Gasteiger partial charge < -0.3 is 9.67 Å². The number of aromatic hydroxyl groups is 1. The van der Waals surface area contributed by atoms with Crippen molar-refractivity contribution < 1.29 is 9.50 Å². The van der Waals surface area contributed by atoms with Gasteiger partial charge in [0.05, 0.1) is 5.69 Å². The number of phenols is 1. The average molecular weight is 207 g/mol. The molecule has 0 bridgehead atoms. The number of alkyl halides is 1. The molecule has 0 amide bonds. The van der Waals surface area contributed by atoms with Gasteiger partial charge in [0.15, 0.2) is 0 Å². The zero-order chi connectivity index (χ0) is 11.2. The van der Waals surface area contributed by atoms with Crippen LogP contribution in [0.15, 0.2) is 24.3 Å². The van der Waals surface area contributed by atoms with Gasteiger partial charge in [0.2, 0.25) is 0 Å². The van der Waals surface area contributed by atoms with Crippen molar-refractivity contribution in [2.24, 2.45) is 7.05 Å². The molecule has 0 aliphatic rings. The smallest absolute Gasteiger partial charge is 0.145 e. The maximum atomic E-state index is 13.8. The van der Waals surface area contributed by atoms with Crippen molar-refractivity contribution in [3.8, 4) is 5.75 Å². The lowest BCUT2D eigenvalue weighted by Crippen LogP contribution is -2.13. The predicted molar refractivity (Wildman–Crippen MR) is 58.7 cm³/mol. The Kier molecular flexibility index (Phi) is 2.00. The van der Waals surface area contributed by atoms with Crippen LogP contribution in [0.25, 0.3) is 10.9 Å². The minimum atomic E-state index is -1.37. The number of aryl methyl sites for hydroxylation is 1. The summed E-state index contributed by atoms with van der Waals surface area (Å²) in [6, 6.07) is 6.82. The first-order chi connectivity index (χ1) is 6.89. The van der Waals surface area contributed by atoms with E-state index in [1.165, 1.54) is 13.8 Å².